The van der Waals surface area contributed by atoms with Crippen molar-refractivity contribution in [1.82, 2.24) is 20.0 Å². The third kappa shape index (κ3) is 5.08. The number of hydrogen-bond acceptors (Lipinski definition) is 4. The van der Waals surface area contributed by atoms with Crippen LogP contribution in [0.5, 0.6) is 0 Å². The van der Waals surface area contributed by atoms with Crippen molar-refractivity contribution in [3.05, 3.63) is 47.8 Å². The highest BCUT2D eigenvalue weighted by atomic mass is 35.5. The molecule has 0 radical (unpaired) electrons. The minimum atomic E-state index is -0.162. The number of aromatic nitrogens is 2. The van der Waals surface area contributed by atoms with E-state index in [4.69, 9.17) is 5.73 Å². The standard InChI is InChI=1S/C19H25N5O2.ClH/c1-14-11-22-24(12-14)17-6-4-15(5-7-17)19(26)23-10-2-3-16(13-23)18(25)21-9-8-20;/h4-7,11-12,16H,2-3,8-10,13,20H2,1H3,(H,21,25);1H. The summed E-state index contributed by atoms with van der Waals surface area (Å²) < 4.78 is 1.78. The summed E-state index contributed by atoms with van der Waals surface area (Å²) in [6, 6.07) is 7.39. The summed E-state index contributed by atoms with van der Waals surface area (Å²) >= 11 is 0. The van der Waals surface area contributed by atoms with Crippen LogP contribution in [0.25, 0.3) is 5.69 Å². The van der Waals surface area contributed by atoms with Crippen molar-refractivity contribution in [1.29, 1.82) is 0 Å². The molecule has 0 bridgehead atoms. The number of nitrogens with two attached hydrogens (primary N) is 1. The number of piperidine rings is 1. The number of benzene rings is 1. The lowest BCUT2D eigenvalue weighted by atomic mass is 9.96. The second-order valence-corrected chi connectivity index (χ2v) is 6.68. The van der Waals surface area contributed by atoms with Gasteiger partial charge in [-0.1, -0.05) is 0 Å². The van der Waals surface area contributed by atoms with Gasteiger partial charge in [0, 0.05) is 37.9 Å². The number of amides is 2. The summed E-state index contributed by atoms with van der Waals surface area (Å²) in [6.45, 7) is 4.01. The zero-order valence-corrected chi connectivity index (χ0v) is 16.2. The number of nitrogens with zero attached hydrogens (tertiary/aromatic N) is 3. The lowest BCUT2D eigenvalue weighted by Gasteiger charge is -2.32. The van der Waals surface area contributed by atoms with Crippen LogP contribution in [0.15, 0.2) is 36.7 Å². The highest BCUT2D eigenvalue weighted by Crippen LogP contribution is 2.19. The van der Waals surface area contributed by atoms with E-state index >= 15 is 0 Å². The molecule has 1 fully saturated rings. The molecule has 1 atom stereocenters. The van der Waals surface area contributed by atoms with Gasteiger partial charge in [-0.15, -0.1) is 12.4 Å². The lowest BCUT2D eigenvalue weighted by molar-refractivity contribution is -0.126. The minimum Gasteiger partial charge on any atom is -0.355 e. The van der Waals surface area contributed by atoms with E-state index in [0.717, 1.165) is 24.1 Å². The van der Waals surface area contributed by atoms with Crippen LogP contribution in [0.4, 0.5) is 0 Å². The fourth-order valence-corrected chi connectivity index (χ4v) is 3.21. The number of rotatable bonds is 5. The Bertz CT molecular complexity index is 775. The number of halogens is 1. The van der Waals surface area contributed by atoms with Gasteiger partial charge in [0.1, 0.15) is 0 Å². The molecule has 1 aliphatic rings. The Labute approximate surface area is 165 Å². The van der Waals surface area contributed by atoms with E-state index in [1.807, 2.05) is 37.4 Å². The molecule has 27 heavy (non-hydrogen) atoms. The first-order chi connectivity index (χ1) is 12.6. The van der Waals surface area contributed by atoms with Crippen molar-refractivity contribution in [2.75, 3.05) is 26.2 Å². The van der Waals surface area contributed by atoms with Gasteiger partial charge < -0.3 is 16.0 Å². The average molecular weight is 392 g/mol. The van der Waals surface area contributed by atoms with Crippen LogP contribution in [0.1, 0.15) is 28.8 Å². The Morgan fingerprint density at radius 3 is 2.67 bits per heavy atom. The van der Waals surface area contributed by atoms with E-state index < -0.39 is 0 Å². The first-order valence-corrected chi connectivity index (χ1v) is 8.97. The second kappa shape index (κ2) is 9.53. The molecule has 3 N–H and O–H groups in total. The number of aryl methyl sites for hydroxylation is 1. The van der Waals surface area contributed by atoms with Gasteiger partial charge in [-0.3, -0.25) is 9.59 Å². The Morgan fingerprint density at radius 1 is 1.30 bits per heavy atom. The third-order valence-corrected chi connectivity index (χ3v) is 4.61. The molecule has 1 saturated heterocycles. The molecule has 0 aliphatic carbocycles. The molecule has 2 aromatic rings. The summed E-state index contributed by atoms with van der Waals surface area (Å²) in [5.41, 5.74) is 8.04. The Kier molecular flexibility index (Phi) is 7.38. The van der Waals surface area contributed by atoms with Crippen LogP contribution in [-0.2, 0) is 4.79 Å². The Balaban J connectivity index is 0.00000261. The van der Waals surface area contributed by atoms with E-state index in [9.17, 15) is 9.59 Å². The first-order valence-electron chi connectivity index (χ1n) is 8.97. The van der Waals surface area contributed by atoms with Crippen molar-refractivity contribution in [2.45, 2.75) is 19.8 Å². The summed E-state index contributed by atoms with van der Waals surface area (Å²) in [5.74, 6) is -0.215. The maximum Gasteiger partial charge on any atom is 0.253 e. The third-order valence-electron chi connectivity index (χ3n) is 4.61. The van der Waals surface area contributed by atoms with Crippen LogP contribution in [-0.4, -0.2) is 52.7 Å². The zero-order valence-electron chi connectivity index (χ0n) is 15.4. The maximum absolute atomic E-state index is 12.8. The van der Waals surface area contributed by atoms with Gasteiger partial charge in [0.05, 0.1) is 17.8 Å². The molecule has 1 aromatic heterocycles. The average Bonchev–Trinajstić information content (AvgIpc) is 3.12. The van der Waals surface area contributed by atoms with E-state index in [1.54, 1.807) is 15.8 Å². The topological polar surface area (TPSA) is 93.2 Å². The molecule has 2 amide bonds. The maximum atomic E-state index is 12.8. The minimum absolute atomic E-state index is 0. The lowest BCUT2D eigenvalue weighted by Crippen LogP contribution is -2.46. The van der Waals surface area contributed by atoms with Crippen LogP contribution in [0.2, 0.25) is 0 Å². The summed E-state index contributed by atoms with van der Waals surface area (Å²) in [4.78, 5) is 26.7. The predicted molar refractivity (Wildman–Crippen MR) is 106 cm³/mol. The normalized spacial score (nSPS) is 16.5. The van der Waals surface area contributed by atoms with E-state index in [-0.39, 0.29) is 30.1 Å². The number of hydrogen-bond donors (Lipinski definition) is 2. The smallest absolute Gasteiger partial charge is 0.253 e. The Morgan fingerprint density at radius 2 is 2.04 bits per heavy atom. The van der Waals surface area contributed by atoms with Crippen LogP contribution in [0.3, 0.4) is 0 Å². The van der Waals surface area contributed by atoms with E-state index in [0.29, 0.717) is 31.7 Å². The van der Waals surface area contributed by atoms with Gasteiger partial charge in [0.25, 0.3) is 5.91 Å². The molecule has 146 valence electrons. The van der Waals surface area contributed by atoms with Gasteiger partial charge in [-0.25, -0.2) is 4.68 Å². The SMILES string of the molecule is Cc1cnn(-c2ccc(C(=O)N3CCCC(C(=O)NCCN)C3)cc2)c1.Cl. The molecule has 1 unspecified atom stereocenters. The van der Waals surface area contributed by atoms with Gasteiger partial charge in [-0.05, 0) is 49.6 Å². The van der Waals surface area contributed by atoms with Crippen LogP contribution in [0, 0.1) is 12.8 Å². The number of likely N-dealkylation sites (tertiary alicyclic amines) is 1. The quantitative estimate of drug-likeness (QED) is 0.808. The van der Waals surface area contributed by atoms with E-state index in [2.05, 4.69) is 10.4 Å². The highest BCUT2D eigenvalue weighted by Gasteiger charge is 2.28. The van der Waals surface area contributed by atoms with Gasteiger partial charge >= 0.3 is 0 Å². The van der Waals surface area contributed by atoms with Crippen LogP contribution < -0.4 is 11.1 Å². The molecule has 0 spiro atoms. The number of nitrogens with one attached hydrogen (secondary N) is 1. The van der Waals surface area contributed by atoms with Crippen molar-refractivity contribution >= 4 is 24.2 Å². The molecule has 8 heteroatoms. The van der Waals surface area contributed by atoms with Crippen LogP contribution >= 0.6 is 12.4 Å². The van der Waals surface area contributed by atoms with Gasteiger partial charge in [-0.2, -0.15) is 5.10 Å². The molecular weight excluding hydrogens is 366 g/mol. The van der Waals surface area contributed by atoms with Crippen molar-refractivity contribution in [3.8, 4) is 5.69 Å². The molecule has 2 heterocycles. The van der Waals surface area contributed by atoms with Crippen molar-refractivity contribution < 1.29 is 9.59 Å². The highest BCUT2D eigenvalue weighted by molar-refractivity contribution is 5.95. The zero-order chi connectivity index (χ0) is 18.5. The Hall–Kier alpha value is -2.38. The summed E-state index contributed by atoms with van der Waals surface area (Å²) in [5, 5.41) is 7.09. The summed E-state index contributed by atoms with van der Waals surface area (Å²) in [6.07, 6.45) is 5.36. The van der Waals surface area contributed by atoms with E-state index in [1.165, 1.54) is 0 Å². The fourth-order valence-electron chi connectivity index (χ4n) is 3.21. The van der Waals surface area contributed by atoms with Crippen molar-refractivity contribution in [3.63, 3.8) is 0 Å². The molecule has 1 aliphatic heterocycles. The number of carbonyl (C=O) groups excluding carboxylic acids is 2. The summed E-state index contributed by atoms with van der Waals surface area (Å²) in [7, 11) is 0. The second-order valence-electron chi connectivity index (χ2n) is 6.68. The first kappa shape index (κ1) is 20.9. The fraction of sp³-hybridized carbons (Fsp3) is 0.421. The molecule has 0 saturated carbocycles. The molecule has 3 rings (SSSR count). The largest absolute Gasteiger partial charge is 0.355 e. The molecular formula is C19H26ClN5O2. The molecule has 7 nitrogen and oxygen atoms in total. The molecule has 1 aromatic carbocycles. The van der Waals surface area contributed by atoms with Crippen molar-refractivity contribution in [2.24, 2.45) is 11.7 Å². The predicted octanol–water partition coefficient (Wildman–Crippen LogP) is 1.53. The van der Waals surface area contributed by atoms with Gasteiger partial charge in [0.2, 0.25) is 5.91 Å². The van der Waals surface area contributed by atoms with Gasteiger partial charge in [0.15, 0.2) is 0 Å². The number of carbonyl (C=O) groups is 2. The monoisotopic (exact) mass is 391 g/mol.